The molecule has 0 atom stereocenters. The van der Waals surface area contributed by atoms with Gasteiger partial charge in [-0.2, -0.15) is 0 Å². The summed E-state index contributed by atoms with van der Waals surface area (Å²) in [6.45, 7) is 8.46. The van der Waals surface area contributed by atoms with Crippen LogP contribution in [0, 0.1) is 19.8 Å². The van der Waals surface area contributed by atoms with Gasteiger partial charge in [0.05, 0.1) is 12.8 Å². The van der Waals surface area contributed by atoms with E-state index in [9.17, 15) is 4.79 Å². The summed E-state index contributed by atoms with van der Waals surface area (Å²) < 4.78 is 7.86. The highest BCUT2D eigenvalue weighted by molar-refractivity contribution is 5.80. The van der Waals surface area contributed by atoms with Gasteiger partial charge in [-0.3, -0.25) is 4.79 Å². The standard InChI is InChI=1S/C31H38N6O2/c1-21-19-22(2)32-30-28(21)34-29(27-5-4-18-39-27)37(30)20-23-6-10-25(11-7-23)33-26-12-8-24(9-13-26)31(38)36-16-14-35(3)15-17-36/h4-7,10-11,18-19,24,26,33H,8-9,12-17,20H2,1-3H3. The number of likely N-dealkylation sites (N-methyl/N-ethyl adjacent to an activating group) is 1. The normalized spacial score (nSPS) is 20.4. The molecule has 1 aliphatic carbocycles. The lowest BCUT2D eigenvalue weighted by Gasteiger charge is -2.36. The van der Waals surface area contributed by atoms with Crippen molar-refractivity contribution in [1.29, 1.82) is 0 Å². The number of aromatic nitrogens is 3. The first kappa shape index (κ1) is 25.6. The van der Waals surface area contributed by atoms with Crippen molar-refractivity contribution in [2.45, 2.75) is 52.1 Å². The molecule has 6 rings (SSSR count). The fourth-order valence-corrected chi connectivity index (χ4v) is 6.04. The number of carbonyl (C=O) groups excluding carboxylic acids is 1. The van der Waals surface area contributed by atoms with E-state index in [-0.39, 0.29) is 5.92 Å². The van der Waals surface area contributed by atoms with Gasteiger partial charge in [-0.25, -0.2) is 9.97 Å². The minimum absolute atomic E-state index is 0.183. The van der Waals surface area contributed by atoms with Crippen molar-refractivity contribution in [3.8, 4) is 11.6 Å². The Morgan fingerprint density at radius 3 is 2.44 bits per heavy atom. The number of anilines is 1. The fourth-order valence-electron chi connectivity index (χ4n) is 6.04. The molecule has 1 saturated carbocycles. The van der Waals surface area contributed by atoms with Crippen LogP contribution in [0.15, 0.2) is 53.1 Å². The number of rotatable bonds is 6. The van der Waals surface area contributed by atoms with Crippen LogP contribution >= 0.6 is 0 Å². The summed E-state index contributed by atoms with van der Waals surface area (Å²) in [6, 6.07) is 15.0. The van der Waals surface area contributed by atoms with Gasteiger partial charge in [0.15, 0.2) is 17.2 Å². The van der Waals surface area contributed by atoms with Crippen LogP contribution in [0.3, 0.4) is 0 Å². The van der Waals surface area contributed by atoms with Gasteiger partial charge in [0.2, 0.25) is 5.91 Å². The van der Waals surface area contributed by atoms with E-state index in [0.29, 0.717) is 18.5 Å². The summed E-state index contributed by atoms with van der Waals surface area (Å²) in [5, 5.41) is 3.71. The molecule has 2 aliphatic rings. The van der Waals surface area contributed by atoms with Crippen molar-refractivity contribution in [3.63, 3.8) is 0 Å². The van der Waals surface area contributed by atoms with Crippen LogP contribution in [-0.4, -0.2) is 69.5 Å². The van der Waals surface area contributed by atoms with Crippen LogP contribution in [0.2, 0.25) is 0 Å². The molecule has 1 N–H and O–H groups in total. The third-order valence-electron chi connectivity index (χ3n) is 8.32. The lowest BCUT2D eigenvalue weighted by atomic mass is 9.85. The largest absolute Gasteiger partial charge is 0.461 e. The zero-order chi connectivity index (χ0) is 26.9. The number of hydrogen-bond acceptors (Lipinski definition) is 6. The summed E-state index contributed by atoms with van der Waals surface area (Å²) in [5.41, 5.74) is 6.18. The summed E-state index contributed by atoms with van der Waals surface area (Å²) in [6.07, 6.45) is 5.68. The molecule has 204 valence electrons. The molecular weight excluding hydrogens is 488 g/mol. The third kappa shape index (κ3) is 5.43. The zero-order valence-corrected chi connectivity index (χ0v) is 23.2. The summed E-state index contributed by atoms with van der Waals surface area (Å²) in [7, 11) is 2.13. The van der Waals surface area contributed by atoms with Gasteiger partial charge >= 0.3 is 0 Å². The van der Waals surface area contributed by atoms with Crippen molar-refractivity contribution in [2.24, 2.45) is 5.92 Å². The number of amides is 1. The SMILES string of the molecule is Cc1cc(C)c2nc(-c3ccco3)n(Cc3ccc(NC4CCC(C(=O)N5CCN(C)CC5)CC4)cc3)c2n1. The smallest absolute Gasteiger partial charge is 0.225 e. The lowest BCUT2D eigenvalue weighted by molar-refractivity contribution is -0.138. The second kappa shape index (κ2) is 10.8. The molecule has 1 amide bonds. The molecule has 1 saturated heterocycles. The highest BCUT2D eigenvalue weighted by Gasteiger charge is 2.30. The summed E-state index contributed by atoms with van der Waals surface area (Å²) in [4.78, 5) is 27.1. The Labute approximate surface area is 230 Å². The Morgan fingerprint density at radius 2 is 1.74 bits per heavy atom. The molecule has 39 heavy (non-hydrogen) atoms. The molecule has 0 spiro atoms. The fraction of sp³-hybridized carbons (Fsp3) is 0.452. The van der Waals surface area contributed by atoms with Gasteiger partial charge in [0.25, 0.3) is 0 Å². The molecule has 0 bridgehead atoms. The van der Waals surface area contributed by atoms with Crippen molar-refractivity contribution >= 4 is 22.8 Å². The first-order chi connectivity index (χ1) is 18.9. The molecule has 2 fully saturated rings. The number of benzene rings is 1. The number of carbonyl (C=O) groups is 1. The van der Waals surface area contributed by atoms with Crippen LogP contribution < -0.4 is 5.32 Å². The number of nitrogens with zero attached hydrogens (tertiary/aromatic N) is 5. The zero-order valence-electron chi connectivity index (χ0n) is 23.2. The predicted molar refractivity (Wildman–Crippen MR) is 154 cm³/mol. The van der Waals surface area contributed by atoms with E-state index in [4.69, 9.17) is 14.4 Å². The molecular formula is C31H38N6O2. The van der Waals surface area contributed by atoms with Crippen LogP contribution in [0.1, 0.15) is 42.5 Å². The quantitative estimate of drug-likeness (QED) is 0.377. The molecule has 4 aromatic rings. The third-order valence-corrected chi connectivity index (χ3v) is 8.32. The Kier molecular flexibility index (Phi) is 7.12. The van der Waals surface area contributed by atoms with Crippen molar-refractivity contribution < 1.29 is 9.21 Å². The highest BCUT2D eigenvalue weighted by atomic mass is 16.3. The van der Waals surface area contributed by atoms with Crippen molar-refractivity contribution in [1.82, 2.24) is 24.3 Å². The van der Waals surface area contributed by atoms with E-state index in [2.05, 4.69) is 64.0 Å². The minimum Gasteiger partial charge on any atom is -0.461 e. The number of nitrogens with one attached hydrogen (secondary N) is 1. The molecule has 1 aliphatic heterocycles. The first-order valence-electron chi connectivity index (χ1n) is 14.2. The second-order valence-electron chi connectivity index (χ2n) is 11.3. The number of furan rings is 1. The van der Waals surface area contributed by atoms with E-state index in [0.717, 1.165) is 91.6 Å². The van der Waals surface area contributed by atoms with Crippen molar-refractivity contribution in [2.75, 3.05) is 38.5 Å². The number of hydrogen-bond donors (Lipinski definition) is 1. The summed E-state index contributed by atoms with van der Waals surface area (Å²) in [5.74, 6) is 2.08. The number of pyridine rings is 1. The first-order valence-corrected chi connectivity index (χ1v) is 14.2. The molecule has 8 heteroatoms. The van der Waals surface area contributed by atoms with E-state index >= 15 is 0 Å². The monoisotopic (exact) mass is 526 g/mol. The molecule has 3 aromatic heterocycles. The van der Waals surface area contributed by atoms with Crippen LogP contribution in [0.5, 0.6) is 0 Å². The lowest BCUT2D eigenvalue weighted by Crippen LogP contribution is -2.49. The maximum absolute atomic E-state index is 13.0. The topological polar surface area (TPSA) is 79.4 Å². The Morgan fingerprint density at radius 1 is 1.00 bits per heavy atom. The Balaban J connectivity index is 1.10. The van der Waals surface area contributed by atoms with E-state index in [1.807, 2.05) is 19.1 Å². The molecule has 8 nitrogen and oxygen atoms in total. The number of imidazole rings is 1. The van der Waals surface area contributed by atoms with E-state index in [1.54, 1.807) is 6.26 Å². The minimum atomic E-state index is 0.183. The molecule has 0 radical (unpaired) electrons. The van der Waals surface area contributed by atoms with Gasteiger partial charge in [0.1, 0.15) is 5.52 Å². The molecule has 1 aromatic carbocycles. The Hall–Kier alpha value is -3.65. The van der Waals surface area contributed by atoms with Gasteiger partial charge in [0, 0.05) is 49.5 Å². The van der Waals surface area contributed by atoms with Crippen LogP contribution in [0.4, 0.5) is 5.69 Å². The Bertz CT molecular complexity index is 1430. The maximum atomic E-state index is 13.0. The average molecular weight is 527 g/mol. The summed E-state index contributed by atoms with van der Waals surface area (Å²) >= 11 is 0. The van der Waals surface area contributed by atoms with Gasteiger partial charge in [-0.1, -0.05) is 12.1 Å². The predicted octanol–water partition coefficient (Wildman–Crippen LogP) is 5.10. The number of fused-ring (bicyclic) bond motifs is 1. The van der Waals surface area contributed by atoms with Gasteiger partial charge in [-0.05, 0) is 88.0 Å². The maximum Gasteiger partial charge on any atom is 0.225 e. The van der Waals surface area contributed by atoms with Crippen molar-refractivity contribution in [3.05, 3.63) is 65.5 Å². The highest BCUT2D eigenvalue weighted by Crippen LogP contribution is 2.30. The average Bonchev–Trinajstić information content (AvgIpc) is 3.59. The molecule has 0 unspecified atom stereocenters. The van der Waals surface area contributed by atoms with E-state index < -0.39 is 0 Å². The van der Waals surface area contributed by atoms with Crippen LogP contribution in [0.25, 0.3) is 22.7 Å². The van der Waals surface area contributed by atoms with Gasteiger partial charge < -0.3 is 24.1 Å². The van der Waals surface area contributed by atoms with Gasteiger partial charge in [-0.15, -0.1) is 0 Å². The number of piperazine rings is 1. The van der Waals surface area contributed by atoms with E-state index in [1.165, 1.54) is 5.56 Å². The number of aryl methyl sites for hydroxylation is 2. The second-order valence-corrected chi connectivity index (χ2v) is 11.3. The molecule has 4 heterocycles. The van der Waals surface area contributed by atoms with Crippen LogP contribution in [-0.2, 0) is 11.3 Å².